The molecule has 0 bridgehead atoms. The number of hydrogen-bond acceptors (Lipinski definition) is 4. The minimum Gasteiger partial charge on any atom is -0.348 e. The molecule has 0 aromatic carbocycles. The Morgan fingerprint density at radius 2 is 1.66 bits per heavy atom. The molecular formula is C26H44N6. The van der Waals surface area contributed by atoms with Crippen molar-refractivity contribution in [1.82, 2.24) is 29.3 Å². The molecule has 2 aliphatic rings. The van der Waals surface area contributed by atoms with Gasteiger partial charge in [-0.2, -0.15) is 0 Å². The fraction of sp³-hybridized carbons (Fsp3) is 0.769. The minimum atomic E-state index is 0.321. The molecule has 2 aliphatic heterocycles. The zero-order valence-corrected chi connectivity index (χ0v) is 21.0. The van der Waals surface area contributed by atoms with E-state index in [-0.39, 0.29) is 0 Å². The summed E-state index contributed by atoms with van der Waals surface area (Å²) in [5.74, 6) is 2.41. The lowest BCUT2D eigenvalue weighted by Gasteiger charge is -2.44. The molecule has 0 amide bonds. The Morgan fingerprint density at radius 3 is 2.34 bits per heavy atom. The maximum atomic E-state index is 4.79. The predicted molar refractivity (Wildman–Crippen MR) is 130 cm³/mol. The summed E-state index contributed by atoms with van der Waals surface area (Å²) in [4.78, 5) is 17.7. The average molecular weight is 441 g/mol. The summed E-state index contributed by atoms with van der Waals surface area (Å²) in [5, 5.41) is 0. The van der Waals surface area contributed by atoms with Crippen LogP contribution in [0.15, 0.2) is 24.9 Å². The molecule has 32 heavy (non-hydrogen) atoms. The van der Waals surface area contributed by atoms with Crippen LogP contribution >= 0.6 is 0 Å². The normalized spacial score (nSPS) is 28.9. The van der Waals surface area contributed by atoms with E-state index in [1.807, 2.05) is 12.4 Å². The Balaban J connectivity index is 1.32. The van der Waals surface area contributed by atoms with E-state index in [2.05, 4.69) is 71.5 Å². The van der Waals surface area contributed by atoms with Gasteiger partial charge >= 0.3 is 0 Å². The van der Waals surface area contributed by atoms with Gasteiger partial charge in [0.25, 0.3) is 0 Å². The SMILES string of the molecule is CC(C)C1(C)CCCN(Cc2cn(CC(C)C3(C)CCCN(Cc4ncc[nH]4)C3)cn2)C1. The van der Waals surface area contributed by atoms with Crippen LogP contribution in [0.1, 0.15) is 71.8 Å². The molecule has 2 saturated heterocycles. The van der Waals surface area contributed by atoms with Gasteiger partial charge in [0.15, 0.2) is 0 Å². The standard InChI is InChI=1S/C26H44N6/c1-21(2)25(4)8-6-12-30(18-25)15-23-16-32(20-29-23)14-22(3)26(5)9-7-13-31(19-26)17-24-27-10-11-28-24/h10-11,16,20-22H,6-9,12-15,17-19H2,1-5H3,(H,27,28). The molecule has 0 radical (unpaired) electrons. The molecular weight excluding hydrogens is 396 g/mol. The fourth-order valence-electron chi connectivity index (χ4n) is 5.84. The van der Waals surface area contributed by atoms with Gasteiger partial charge < -0.3 is 9.55 Å². The smallest absolute Gasteiger partial charge is 0.120 e. The predicted octanol–water partition coefficient (Wildman–Crippen LogP) is 4.80. The van der Waals surface area contributed by atoms with Crippen LogP contribution in [-0.4, -0.2) is 55.5 Å². The molecule has 2 aromatic heterocycles. The molecule has 3 unspecified atom stereocenters. The number of nitrogens with one attached hydrogen (secondary N) is 1. The van der Waals surface area contributed by atoms with Crippen molar-refractivity contribution in [3.63, 3.8) is 0 Å². The Kier molecular flexibility index (Phi) is 7.11. The summed E-state index contributed by atoms with van der Waals surface area (Å²) < 4.78 is 2.34. The quantitative estimate of drug-likeness (QED) is 0.640. The molecule has 3 atom stereocenters. The van der Waals surface area contributed by atoms with Gasteiger partial charge in [-0.15, -0.1) is 0 Å². The summed E-state index contributed by atoms with van der Waals surface area (Å²) in [7, 11) is 0. The van der Waals surface area contributed by atoms with E-state index >= 15 is 0 Å². The Bertz CT molecular complexity index is 842. The van der Waals surface area contributed by atoms with Crippen molar-refractivity contribution in [2.75, 3.05) is 26.2 Å². The zero-order chi connectivity index (χ0) is 22.8. The number of imidazole rings is 2. The lowest BCUT2D eigenvalue weighted by molar-refractivity contribution is 0.0439. The van der Waals surface area contributed by atoms with Gasteiger partial charge in [0.2, 0.25) is 0 Å². The van der Waals surface area contributed by atoms with E-state index in [0.29, 0.717) is 16.7 Å². The Hall–Kier alpha value is -1.66. The number of rotatable bonds is 8. The first-order valence-corrected chi connectivity index (χ1v) is 12.7. The number of hydrogen-bond donors (Lipinski definition) is 1. The number of H-pyrrole nitrogens is 1. The van der Waals surface area contributed by atoms with Gasteiger partial charge in [-0.1, -0.05) is 34.6 Å². The number of aromatic nitrogens is 4. The highest BCUT2D eigenvalue weighted by Gasteiger charge is 2.36. The van der Waals surface area contributed by atoms with Crippen molar-refractivity contribution in [2.45, 2.75) is 79.9 Å². The van der Waals surface area contributed by atoms with Crippen LogP contribution in [0.2, 0.25) is 0 Å². The second-order valence-corrected chi connectivity index (χ2v) is 11.6. The van der Waals surface area contributed by atoms with Crippen molar-refractivity contribution >= 4 is 0 Å². The van der Waals surface area contributed by atoms with Crippen LogP contribution in [0.3, 0.4) is 0 Å². The highest BCUT2D eigenvalue weighted by molar-refractivity contribution is 5.00. The van der Waals surface area contributed by atoms with Crippen molar-refractivity contribution < 1.29 is 0 Å². The summed E-state index contributed by atoms with van der Waals surface area (Å²) in [6.45, 7) is 19.8. The van der Waals surface area contributed by atoms with Crippen molar-refractivity contribution in [3.05, 3.63) is 36.4 Å². The van der Waals surface area contributed by atoms with Crippen molar-refractivity contribution in [2.24, 2.45) is 22.7 Å². The second kappa shape index (κ2) is 9.68. The molecule has 2 fully saturated rings. The van der Waals surface area contributed by atoms with E-state index in [1.54, 1.807) is 0 Å². The molecule has 0 saturated carbocycles. The molecule has 6 heteroatoms. The molecule has 4 heterocycles. The molecule has 1 N–H and O–H groups in total. The largest absolute Gasteiger partial charge is 0.348 e. The van der Waals surface area contributed by atoms with Gasteiger partial charge in [0.05, 0.1) is 18.6 Å². The first kappa shape index (κ1) is 23.5. The topological polar surface area (TPSA) is 53.0 Å². The number of piperidine rings is 2. The fourth-order valence-corrected chi connectivity index (χ4v) is 5.84. The number of likely N-dealkylation sites (tertiary alicyclic amines) is 2. The minimum absolute atomic E-state index is 0.321. The average Bonchev–Trinajstić information content (AvgIpc) is 3.40. The second-order valence-electron chi connectivity index (χ2n) is 11.6. The lowest BCUT2D eigenvalue weighted by Crippen LogP contribution is -2.45. The summed E-state index contributed by atoms with van der Waals surface area (Å²) in [6.07, 6.45) is 13.3. The molecule has 2 aromatic rings. The van der Waals surface area contributed by atoms with Crippen LogP contribution < -0.4 is 0 Å². The summed E-state index contributed by atoms with van der Waals surface area (Å²) >= 11 is 0. The van der Waals surface area contributed by atoms with E-state index in [1.165, 1.54) is 51.0 Å². The third kappa shape index (κ3) is 5.45. The first-order chi connectivity index (χ1) is 15.3. The molecule has 0 spiro atoms. The third-order valence-corrected chi connectivity index (χ3v) is 8.68. The van der Waals surface area contributed by atoms with E-state index in [0.717, 1.165) is 37.9 Å². The molecule has 178 valence electrons. The van der Waals surface area contributed by atoms with Gasteiger partial charge in [-0.25, -0.2) is 9.97 Å². The maximum Gasteiger partial charge on any atom is 0.120 e. The lowest BCUT2D eigenvalue weighted by atomic mass is 9.72. The van der Waals surface area contributed by atoms with Crippen LogP contribution in [0.25, 0.3) is 0 Å². The highest BCUT2D eigenvalue weighted by Crippen LogP contribution is 2.39. The third-order valence-electron chi connectivity index (χ3n) is 8.68. The van der Waals surface area contributed by atoms with Gasteiger partial charge in [-0.05, 0) is 61.4 Å². The molecule has 0 aliphatic carbocycles. The van der Waals surface area contributed by atoms with E-state index in [4.69, 9.17) is 4.98 Å². The highest BCUT2D eigenvalue weighted by atomic mass is 15.2. The summed E-state index contributed by atoms with van der Waals surface area (Å²) in [6, 6.07) is 0. The first-order valence-electron chi connectivity index (χ1n) is 12.7. The zero-order valence-electron chi connectivity index (χ0n) is 21.0. The van der Waals surface area contributed by atoms with E-state index in [9.17, 15) is 0 Å². The van der Waals surface area contributed by atoms with Crippen LogP contribution in [0.4, 0.5) is 0 Å². The van der Waals surface area contributed by atoms with Gasteiger partial charge in [0.1, 0.15) is 5.82 Å². The van der Waals surface area contributed by atoms with E-state index < -0.39 is 0 Å². The van der Waals surface area contributed by atoms with Crippen LogP contribution in [0, 0.1) is 22.7 Å². The maximum absolute atomic E-state index is 4.79. The Morgan fingerprint density at radius 1 is 0.969 bits per heavy atom. The van der Waals surface area contributed by atoms with Crippen molar-refractivity contribution in [1.29, 1.82) is 0 Å². The van der Waals surface area contributed by atoms with Crippen molar-refractivity contribution in [3.8, 4) is 0 Å². The van der Waals surface area contributed by atoms with Crippen LogP contribution in [-0.2, 0) is 19.6 Å². The number of aromatic amines is 1. The van der Waals surface area contributed by atoms with Gasteiger partial charge in [0, 0.05) is 44.8 Å². The molecule has 6 nitrogen and oxygen atoms in total. The van der Waals surface area contributed by atoms with Gasteiger partial charge in [-0.3, -0.25) is 9.80 Å². The Labute approximate surface area is 194 Å². The monoisotopic (exact) mass is 440 g/mol. The van der Waals surface area contributed by atoms with Crippen LogP contribution in [0.5, 0.6) is 0 Å². The molecule has 4 rings (SSSR count). The number of nitrogens with zero attached hydrogens (tertiary/aromatic N) is 5. The summed E-state index contributed by atoms with van der Waals surface area (Å²) in [5.41, 5.74) is 1.98.